The van der Waals surface area contributed by atoms with E-state index in [-0.39, 0.29) is 17.2 Å². The molecule has 0 saturated carbocycles. The Morgan fingerprint density at radius 1 is 1.22 bits per heavy atom. The van der Waals surface area contributed by atoms with Crippen LogP contribution in [0.2, 0.25) is 0 Å². The molecule has 0 radical (unpaired) electrons. The molecule has 0 aliphatic carbocycles. The van der Waals surface area contributed by atoms with Crippen LogP contribution in [0.4, 0.5) is 0 Å². The number of benzene rings is 1. The van der Waals surface area contributed by atoms with E-state index in [4.69, 9.17) is 4.74 Å². The van der Waals surface area contributed by atoms with Gasteiger partial charge in [-0.15, -0.1) is 0 Å². The average Bonchev–Trinajstić information content (AvgIpc) is 2.68. The van der Waals surface area contributed by atoms with Crippen molar-refractivity contribution < 1.29 is 9.53 Å². The van der Waals surface area contributed by atoms with Crippen molar-refractivity contribution in [2.45, 2.75) is 26.7 Å². The summed E-state index contributed by atoms with van der Waals surface area (Å²) in [7, 11) is 1.61. The number of methoxy groups -OCH3 is 1. The zero-order valence-corrected chi connectivity index (χ0v) is 16.2. The third-order valence-corrected chi connectivity index (χ3v) is 4.39. The van der Waals surface area contributed by atoms with E-state index < -0.39 is 0 Å². The van der Waals surface area contributed by atoms with Crippen LogP contribution in [0.25, 0.3) is 0 Å². The third kappa shape index (κ3) is 6.53. The lowest BCUT2D eigenvalue weighted by Gasteiger charge is -2.17. The molecule has 2 rings (SSSR count). The lowest BCUT2D eigenvalue weighted by Crippen LogP contribution is -2.31. The van der Waals surface area contributed by atoms with Gasteiger partial charge in [0, 0.05) is 19.0 Å². The molecular weight excluding hydrogens is 344 g/mol. The maximum atomic E-state index is 12.3. The molecule has 7 nitrogen and oxygen atoms in total. The molecular formula is C20H28N4O3. The van der Waals surface area contributed by atoms with Gasteiger partial charge in [0.2, 0.25) is 0 Å². The number of nitrogens with zero attached hydrogens (tertiary/aromatic N) is 2. The minimum atomic E-state index is -0.332. The minimum Gasteiger partial charge on any atom is -0.497 e. The van der Waals surface area contributed by atoms with Crippen molar-refractivity contribution in [2.24, 2.45) is 0 Å². The molecule has 7 heteroatoms. The summed E-state index contributed by atoms with van der Waals surface area (Å²) in [5, 5.41) is 2.84. The van der Waals surface area contributed by atoms with Crippen molar-refractivity contribution >= 4 is 5.91 Å². The Morgan fingerprint density at radius 2 is 1.93 bits per heavy atom. The monoisotopic (exact) mass is 372 g/mol. The molecule has 1 heterocycles. The lowest BCUT2D eigenvalue weighted by atomic mass is 10.1. The number of carbonyl (C=O) groups excluding carboxylic acids is 1. The minimum absolute atomic E-state index is 0.144. The van der Waals surface area contributed by atoms with Crippen LogP contribution < -0.4 is 15.6 Å². The number of hydrogen-bond acceptors (Lipinski definition) is 5. The normalized spacial score (nSPS) is 10.8. The molecule has 1 aromatic heterocycles. The second-order valence-electron chi connectivity index (χ2n) is 6.24. The zero-order chi connectivity index (χ0) is 19.6. The summed E-state index contributed by atoms with van der Waals surface area (Å²) in [5.41, 5.74) is 0.780. The van der Waals surface area contributed by atoms with Crippen molar-refractivity contribution in [2.75, 3.05) is 33.3 Å². The van der Waals surface area contributed by atoms with Crippen LogP contribution >= 0.6 is 0 Å². The van der Waals surface area contributed by atoms with Gasteiger partial charge in [0.1, 0.15) is 17.3 Å². The number of nitrogens with one attached hydrogen (secondary N) is 2. The molecule has 0 aliphatic rings. The number of carbonyl (C=O) groups is 1. The fourth-order valence-corrected chi connectivity index (χ4v) is 2.78. The first-order valence-corrected chi connectivity index (χ1v) is 9.29. The Balaban J connectivity index is 1.96. The van der Waals surface area contributed by atoms with Gasteiger partial charge < -0.3 is 19.9 Å². The van der Waals surface area contributed by atoms with E-state index in [1.165, 1.54) is 6.07 Å². The van der Waals surface area contributed by atoms with Gasteiger partial charge in [-0.05, 0) is 43.8 Å². The predicted octanol–water partition coefficient (Wildman–Crippen LogP) is 1.83. The van der Waals surface area contributed by atoms with Crippen LogP contribution in [0.15, 0.2) is 35.1 Å². The summed E-state index contributed by atoms with van der Waals surface area (Å²) in [6.07, 6.45) is 1.29. The topological polar surface area (TPSA) is 87.3 Å². The Kier molecular flexibility index (Phi) is 8.00. The van der Waals surface area contributed by atoms with Gasteiger partial charge in [0.15, 0.2) is 0 Å². The number of ether oxygens (including phenoxy) is 1. The Bertz CT molecular complexity index is 783. The maximum Gasteiger partial charge on any atom is 0.270 e. The first kappa shape index (κ1) is 20.6. The number of aromatic nitrogens is 2. The van der Waals surface area contributed by atoms with Gasteiger partial charge in [-0.25, -0.2) is 4.98 Å². The van der Waals surface area contributed by atoms with Crippen LogP contribution in [0.3, 0.4) is 0 Å². The smallest absolute Gasteiger partial charge is 0.270 e. The van der Waals surface area contributed by atoms with Gasteiger partial charge >= 0.3 is 0 Å². The van der Waals surface area contributed by atoms with Crippen molar-refractivity contribution in [3.05, 3.63) is 57.8 Å². The first-order valence-electron chi connectivity index (χ1n) is 9.29. The van der Waals surface area contributed by atoms with E-state index in [0.29, 0.717) is 18.8 Å². The summed E-state index contributed by atoms with van der Waals surface area (Å²) in [5.74, 6) is 0.899. The van der Waals surface area contributed by atoms with Gasteiger partial charge in [0.25, 0.3) is 11.5 Å². The summed E-state index contributed by atoms with van der Waals surface area (Å²) in [6, 6.07) is 8.73. The molecule has 0 unspecified atom stereocenters. The molecule has 0 bridgehead atoms. The van der Waals surface area contributed by atoms with Gasteiger partial charge in [-0.1, -0.05) is 26.0 Å². The van der Waals surface area contributed by atoms with E-state index in [0.717, 1.165) is 37.4 Å². The zero-order valence-electron chi connectivity index (χ0n) is 16.2. The SMILES string of the molecule is CCN(CC)CCCNC(=O)c1cc(=O)[nH]c(Cc2ccc(OC)cc2)n1. The number of amides is 1. The van der Waals surface area contributed by atoms with Crippen molar-refractivity contribution in [1.29, 1.82) is 0 Å². The van der Waals surface area contributed by atoms with E-state index in [2.05, 4.69) is 34.0 Å². The van der Waals surface area contributed by atoms with Crippen molar-refractivity contribution in [3.8, 4) is 5.75 Å². The lowest BCUT2D eigenvalue weighted by molar-refractivity contribution is 0.0946. The Hall–Kier alpha value is -2.67. The molecule has 146 valence electrons. The average molecular weight is 372 g/mol. The van der Waals surface area contributed by atoms with Crippen LogP contribution in [-0.2, 0) is 6.42 Å². The number of aromatic amines is 1. The molecule has 2 N–H and O–H groups in total. The maximum absolute atomic E-state index is 12.3. The fraction of sp³-hybridized carbons (Fsp3) is 0.450. The highest BCUT2D eigenvalue weighted by Crippen LogP contribution is 2.13. The molecule has 1 aromatic carbocycles. The fourth-order valence-electron chi connectivity index (χ4n) is 2.78. The van der Waals surface area contributed by atoms with Crippen LogP contribution in [-0.4, -0.2) is 54.1 Å². The predicted molar refractivity (Wildman–Crippen MR) is 105 cm³/mol. The number of rotatable bonds is 10. The Labute approximate surface area is 159 Å². The molecule has 0 aliphatic heterocycles. The third-order valence-electron chi connectivity index (χ3n) is 4.39. The summed E-state index contributed by atoms with van der Waals surface area (Å²) in [6.45, 7) is 7.71. The second-order valence-corrected chi connectivity index (χ2v) is 6.24. The van der Waals surface area contributed by atoms with Crippen LogP contribution in [0.5, 0.6) is 5.75 Å². The number of hydrogen-bond donors (Lipinski definition) is 2. The summed E-state index contributed by atoms with van der Waals surface area (Å²) < 4.78 is 5.14. The highest BCUT2D eigenvalue weighted by molar-refractivity contribution is 5.92. The van der Waals surface area contributed by atoms with Gasteiger partial charge in [0.05, 0.1) is 7.11 Å². The molecule has 0 fully saturated rings. The molecule has 2 aromatic rings. The highest BCUT2D eigenvalue weighted by Gasteiger charge is 2.10. The standard InChI is InChI=1S/C20H28N4O3/c1-4-24(5-2)12-6-11-21-20(26)17-14-19(25)23-18(22-17)13-15-7-9-16(27-3)10-8-15/h7-10,14H,4-6,11-13H2,1-3H3,(H,21,26)(H,22,23,25). The molecule has 0 spiro atoms. The quantitative estimate of drug-likeness (QED) is 0.622. The van der Waals surface area contributed by atoms with E-state index in [9.17, 15) is 9.59 Å². The molecule has 0 atom stereocenters. The summed E-state index contributed by atoms with van der Waals surface area (Å²) in [4.78, 5) is 33.5. The van der Waals surface area contributed by atoms with E-state index in [1.807, 2.05) is 24.3 Å². The van der Waals surface area contributed by atoms with Crippen molar-refractivity contribution in [3.63, 3.8) is 0 Å². The van der Waals surface area contributed by atoms with E-state index >= 15 is 0 Å². The van der Waals surface area contributed by atoms with Crippen LogP contribution in [0, 0.1) is 0 Å². The highest BCUT2D eigenvalue weighted by atomic mass is 16.5. The molecule has 0 saturated heterocycles. The van der Waals surface area contributed by atoms with Crippen LogP contribution in [0.1, 0.15) is 42.1 Å². The number of H-pyrrole nitrogens is 1. The first-order chi connectivity index (χ1) is 13.0. The van der Waals surface area contributed by atoms with Gasteiger partial charge in [-0.2, -0.15) is 0 Å². The van der Waals surface area contributed by atoms with Crippen molar-refractivity contribution in [1.82, 2.24) is 20.2 Å². The molecule has 27 heavy (non-hydrogen) atoms. The molecule has 1 amide bonds. The largest absolute Gasteiger partial charge is 0.497 e. The van der Waals surface area contributed by atoms with E-state index in [1.54, 1.807) is 7.11 Å². The second kappa shape index (κ2) is 10.5. The summed E-state index contributed by atoms with van der Waals surface area (Å²) >= 11 is 0. The van der Waals surface area contributed by atoms with Gasteiger partial charge in [-0.3, -0.25) is 9.59 Å². The Morgan fingerprint density at radius 3 is 2.56 bits per heavy atom.